The highest BCUT2D eigenvalue weighted by molar-refractivity contribution is 6.31. The fourth-order valence-electron chi connectivity index (χ4n) is 3.89. The topological polar surface area (TPSA) is 80.7 Å². The Morgan fingerprint density at radius 2 is 2.10 bits per heavy atom. The minimum absolute atomic E-state index is 0.121. The molecule has 4 rings (SSSR count). The molecule has 2 heterocycles. The van der Waals surface area contributed by atoms with E-state index in [1.807, 2.05) is 49.5 Å². The van der Waals surface area contributed by atoms with E-state index in [1.165, 1.54) is 0 Å². The third kappa shape index (κ3) is 4.44. The molecule has 3 aromatic rings. The van der Waals surface area contributed by atoms with Crippen molar-refractivity contribution < 1.29 is 4.42 Å². The first-order valence-corrected chi connectivity index (χ1v) is 10.7. The van der Waals surface area contributed by atoms with Gasteiger partial charge in [0.2, 0.25) is 12.2 Å². The number of aliphatic imine (C=N–C) groups is 1. The molecule has 0 amide bonds. The molecule has 1 N–H and O–H groups in total. The van der Waals surface area contributed by atoms with Crippen LogP contribution in [0.25, 0.3) is 11.1 Å². The van der Waals surface area contributed by atoms with Crippen molar-refractivity contribution in [2.24, 2.45) is 10.9 Å². The molecular weight excluding hydrogens is 412 g/mol. The summed E-state index contributed by atoms with van der Waals surface area (Å²) in [6.07, 6.45) is 1.96. The van der Waals surface area contributed by atoms with Crippen molar-refractivity contribution >= 4 is 40.4 Å². The molecule has 1 saturated heterocycles. The predicted octanol–water partition coefficient (Wildman–Crippen LogP) is 4.89. The van der Waals surface area contributed by atoms with Gasteiger partial charge in [0.15, 0.2) is 5.58 Å². The van der Waals surface area contributed by atoms with Crippen LogP contribution in [0.1, 0.15) is 19.4 Å². The maximum atomic E-state index is 9.32. The second-order valence-corrected chi connectivity index (χ2v) is 8.47. The number of benzene rings is 2. The van der Waals surface area contributed by atoms with Crippen molar-refractivity contribution in [1.29, 1.82) is 5.26 Å². The Morgan fingerprint density at radius 1 is 1.29 bits per heavy atom. The number of nitriles is 1. The van der Waals surface area contributed by atoms with Crippen molar-refractivity contribution in [2.45, 2.75) is 26.8 Å². The van der Waals surface area contributed by atoms with Gasteiger partial charge in [0, 0.05) is 30.3 Å². The molecule has 1 aliphatic rings. The molecule has 31 heavy (non-hydrogen) atoms. The van der Waals surface area contributed by atoms with Gasteiger partial charge in [-0.1, -0.05) is 43.6 Å². The summed E-state index contributed by atoms with van der Waals surface area (Å²) in [5, 5.41) is 13.3. The van der Waals surface area contributed by atoms with Gasteiger partial charge in [-0.05, 0) is 42.7 Å². The van der Waals surface area contributed by atoms with Gasteiger partial charge in [-0.15, -0.1) is 4.99 Å². The number of hydrogen-bond donors (Lipinski definition) is 1. The summed E-state index contributed by atoms with van der Waals surface area (Å²) in [5.41, 5.74) is 3.50. The van der Waals surface area contributed by atoms with E-state index in [0.29, 0.717) is 42.5 Å². The van der Waals surface area contributed by atoms with E-state index in [1.54, 1.807) is 6.07 Å². The number of fused-ring (bicyclic) bond motifs is 1. The molecule has 1 fully saturated rings. The number of aryl methyl sites for hydroxylation is 1. The van der Waals surface area contributed by atoms with Crippen molar-refractivity contribution in [3.8, 4) is 6.19 Å². The van der Waals surface area contributed by atoms with Crippen molar-refractivity contribution in [2.75, 3.05) is 29.9 Å². The number of rotatable bonds is 3. The quantitative estimate of drug-likeness (QED) is 0.358. The maximum absolute atomic E-state index is 9.32. The van der Waals surface area contributed by atoms with Crippen LogP contribution in [0.15, 0.2) is 51.9 Å². The van der Waals surface area contributed by atoms with E-state index in [0.717, 1.165) is 22.4 Å². The Balaban J connectivity index is 1.58. The molecule has 0 spiro atoms. The van der Waals surface area contributed by atoms with E-state index in [-0.39, 0.29) is 6.04 Å². The van der Waals surface area contributed by atoms with E-state index in [9.17, 15) is 5.26 Å². The van der Waals surface area contributed by atoms with Crippen LogP contribution in [0.5, 0.6) is 0 Å². The Bertz CT molecular complexity index is 1150. The first-order valence-electron chi connectivity index (χ1n) is 10.3. The predicted molar refractivity (Wildman–Crippen MR) is 124 cm³/mol. The molecule has 1 unspecified atom stereocenters. The van der Waals surface area contributed by atoms with E-state index >= 15 is 0 Å². The van der Waals surface area contributed by atoms with Crippen LogP contribution in [-0.4, -0.2) is 41.5 Å². The van der Waals surface area contributed by atoms with Crippen LogP contribution in [0.3, 0.4) is 0 Å². The first-order chi connectivity index (χ1) is 15.0. The Hall–Kier alpha value is -3.24. The number of para-hydroxylation sites is 1. The van der Waals surface area contributed by atoms with Crippen molar-refractivity contribution in [3.05, 3.63) is 53.1 Å². The SMILES string of the molecule is Cc1ccccc1N/C(=N/C#N)N1CCN(c2nc3cc(Cl)ccc3o2)CC1C(C)C. The van der Waals surface area contributed by atoms with Gasteiger partial charge >= 0.3 is 0 Å². The van der Waals surface area contributed by atoms with Crippen LogP contribution in [-0.2, 0) is 0 Å². The average molecular weight is 437 g/mol. The summed E-state index contributed by atoms with van der Waals surface area (Å²) in [7, 11) is 0. The van der Waals surface area contributed by atoms with Crippen LogP contribution < -0.4 is 10.2 Å². The molecule has 7 nitrogen and oxygen atoms in total. The summed E-state index contributed by atoms with van der Waals surface area (Å²) < 4.78 is 5.98. The standard InChI is InChI=1S/C23H25ClN6O/c1-15(2)20-13-29(23-28-19-12-17(24)8-9-21(19)31-23)10-11-30(20)22(26-14-25)27-18-7-5-4-6-16(18)3/h4-9,12,15,20H,10-11,13H2,1-3H3,(H,26,27). The third-order valence-corrected chi connectivity index (χ3v) is 5.85. The fraction of sp³-hybridized carbons (Fsp3) is 0.348. The van der Waals surface area contributed by atoms with Crippen LogP contribution in [0.4, 0.5) is 11.7 Å². The van der Waals surface area contributed by atoms with Gasteiger partial charge in [-0.3, -0.25) is 0 Å². The molecule has 8 heteroatoms. The number of aromatic nitrogens is 1. The lowest BCUT2D eigenvalue weighted by molar-refractivity contribution is 0.220. The molecule has 0 radical (unpaired) electrons. The lowest BCUT2D eigenvalue weighted by Crippen LogP contribution is -2.58. The van der Waals surface area contributed by atoms with E-state index in [2.05, 4.69) is 38.9 Å². The number of halogens is 1. The summed E-state index contributed by atoms with van der Waals surface area (Å²) >= 11 is 6.09. The number of piperazine rings is 1. The summed E-state index contributed by atoms with van der Waals surface area (Å²) in [5.74, 6) is 0.892. The summed E-state index contributed by atoms with van der Waals surface area (Å²) in [4.78, 5) is 13.1. The molecule has 2 aromatic carbocycles. The van der Waals surface area contributed by atoms with E-state index in [4.69, 9.17) is 16.0 Å². The minimum Gasteiger partial charge on any atom is -0.423 e. The second kappa shape index (κ2) is 8.86. The van der Waals surface area contributed by atoms with Crippen LogP contribution >= 0.6 is 11.6 Å². The number of anilines is 2. The number of nitrogens with one attached hydrogen (secondary N) is 1. The molecule has 0 aliphatic carbocycles. The number of guanidine groups is 1. The van der Waals surface area contributed by atoms with Gasteiger partial charge < -0.3 is 19.5 Å². The highest BCUT2D eigenvalue weighted by Crippen LogP contribution is 2.28. The van der Waals surface area contributed by atoms with E-state index < -0.39 is 0 Å². The number of hydrogen-bond acceptors (Lipinski definition) is 5. The normalized spacial score (nSPS) is 17.3. The molecular formula is C23H25ClN6O. The monoisotopic (exact) mass is 436 g/mol. The zero-order chi connectivity index (χ0) is 22.0. The molecule has 0 saturated carbocycles. The average Bonchev–Trinajstić information content (AvgIpc) is 3.17. The van der Waals surface area contributed by atoms with Gasteiger partial charge in [0.05, 0.1) is 6.04 Å². The second-order valence-electron chi connectivity index (χ2n) is 8.03. The highest BCUT2D eigenvalue weighted by atomic mass is 35.5. The lowest BCUT2D eigenvalue weighted by Gasteiger charge is -2.44. The number of oxazole rings is 1. The third-order valence-electron chi connectivity index (χ3n) is 5.62. The molecule has 1 atom stereocenters. The lowest BCUT2D eigenvalue weighted by atomic mass is 10.00. The summed E-state index contributed by atoms with van der Waals surface area (Å²) in [6, 6.07) is 14.1. The molecule has 1 aromatic heterocycles. The molecule has 1 aliphatic heterocycles. The molecule has 0 bridgehead atoms. The van der Waals surface area contributed by atoms with Crippen LogP contribution in [0, 0.1) is 24.3 Å². The Labute approximate surface area is 186 Å². The largest absolute Gasteiger partial charge is 0.423 e. The van der Waals surface area contributed by atoms with Gasteiger partial charge in [-0.2, -0.15) is 10.2 Å². The Kier molecular flexibility index (Phi) is 6.01. The van der Waals surface area contributed by atoms with Gasteiger partial charge in [0.1, 0.15) is 5.52 Å². The number of nitrogens with zero attached hydrogens (tertiary/aromatic N) is 5. The minimum atomic E-state index is 0.121. The first kappa shape index (κ1) is 21.0. The van der Waals surface area contributed by atoms with Crippen LogP contribution in [0.2, 0.25) is 5.02 Å². The zero-order valence-electron chi connectivity index (χ0n) is 17.8. The Morgan fingerprint density at radius 3 is 2.84 bits per heavy atom. The maximum Gasteiger partial charge on any atom is 0.298 e. The molecule has 160 valence electrons. The smallest absolute Gasteiger partial charge is 0.298 e. The zero-order valence-corrected chi connectivity index (χ0v) is 18.6. The van der Waals surface area contributed by atoms with Crippen molar-refractivity contribution in [3.63, 3.8) is 0 Å². The highest BCUT2D eigenvalue weighted by Gasteiger charge is 2.33. The van der Waals surface area contributed by atoms with Crippen molar-refractivity contribution in [1.82, 2.24) is 9.88 Å². The van der Waals surface area contributed by atoms with Gasteiger partial charge in [0.25, 0.3) is 6.01 Å². The summed E-state index contributed by atoms with van der Waals surface area (Å²) in [6.45, 7) is 8.46. The fourth-order valence-corrected chi connectivity index (χ4v) is 4.05. The van der Waals surface area contributed by atoms with Gasteiger partial charge in [-0.25, -0.2) is 0 Å².